The lowest BCUT2D eigenvalue weighted by atomic mass is 10.1. The van der Waals surface area contributed by atoms with E-state index < -0.39 is 0 Å². The molecule has 2 heterocycles. The number of nitrogens with zero attached hydrogens (tertiary/aromatic N) is 6. The molecule has 0 saturated heterocycles. The summed E-state index contributed by atoms with van der Waals surface area (Å²) in [5, 5.41) is 17.2. The fourth-order valence-electron chi connectivity index (χ4n) is 4.08. The van der Waals surface area contributed by atoms with Crippen molar-refractivity contribution in [2.45, 2.75) is 20.8 Å². The van der Waals surface area contributed by atoms with Gasteiger partial charge < -0.3 is 10.2 Å². The van der Waals surface area contributed by atoms with Crippen molar-refractivity contribution in [2.24, 2.45) is 15.2 Å². The van der Waals surface area contributed by atoms with Gasteiger partial charge in [0.05, 0.1) is 5.69 Å². The fraction of sp³-hybridized carbons (Fsp3) is 0.185. The first-order chi connectivity index (χ1) is 16.7. The number of nitrogens with one attached hydrogen (secondary N) is 1. The first-order valence-electron chi connectivity index (χ1n) is 11.5. The lowest BCUT2D eigenvalue weighted by Crippen LogP contribution is -2.21. The maximum Gasteiger partial charge on any atom is 0.272 e. The van der Waals surface area contributed by atoms with E-state index in [1.54, 1.807) is 4.68 Å². The molecule has 0 aliphatic carbocycles. The summed E-state index contributed by atoms with van der Waals surface area (Å²) in [5.74, 6) is 1.08. The molecule has 0 spiro atoms. The van der Waals surface area contributed by atoms with Crippen LogP contribution in [0.1, 0.15) is 19.4 Å². The zero-order chi connectivity index (χ0) is 23.5. The van der Waals surface area contributed by atoms with E-state index in [2.05, 4.69) is 64.4 Å². The summed E-state index contributed by atoms with van der Waals surface area (Å²) in [5.41, 5.74) is 6.80. The Morgan fingerprint density at radius 1 is 0.882 bits per heavy atom. The van der Waals surface area contributed by atoms with Crippen LogP contribution in [0.15, 0.2) is 94.1 Å². The Bertz CT molecular complexity index is 1350. The SMILES string of the molecule is CCN(CC)c1ccc(Nc2c(-c3ccccc3)nn3c2N=NC3=Nc2ccccc2)c(C)c1. The van der Waals surface area contributed by atoms with Crippen LogP contribution in [0.3, 0.4) is 0 Å². The van der Waals surface area contributed by atoms with Gasteiger partial charge in [0.2, 0.25) is 5.82 Å². The largest absolute Gasteiger partial charge is 0.372 e. The first kappa shape index (κ1) is 21.6. The Balaban J connectivity index is 1.57. The average Bonchev–Trinajstić information content (AvgIpc) is 3.43. The van der Waals surface area contributed by atoms with Crippen LogP contribution in [-0.4, -0.2) is 28.8 Å². The molecule has 1 aliphatic heterocycles. The highest BCUT2D eigenvalue weighted by molar-refractivity contribution is 5.96. The van der Waals surface area contributed by atoms with Crippen LogP contribution in [0.5, 0.6) is 0 Å². The zero-order valence-corrected chi connectivity index (χ0v) is 19.6. The van der Waals surface area contributed by atoms with Crippen molar-refractivity contribution in [1.82, 2.24) is 9.78 Å². The van der Waals surface area contributed by atoms with E-state index in [0.29, 0.717) is 11.8 Å². The van der Waals surface area contributed by atoms with E-state index in [-0.39, 0.29) is 0 Å². The van der Waals surface area contributed by atoms with Crippen LogP contribution < -0.4 is 10.2 Å². The van der Waals surface area contributed by atoms with Gasteiger partial charge in [-0.3, -0.25) is 0 Å². The third-order valence-electron chi connectivity index (χ3n) is 5.92. The number of azo groups is 1. The van der Waals surface area contributed by atoms with Crippen molar-refractivity contribution in [3.8, 4) is 11.3 Å². The van der Waals surface area contributed by atoms with Gasteiger partial charge >= 0.3 is 0 Å². The second kappa shape index (κ2) is 9.31. The van der Waals surface area contributed by atoms with Crippen LogP contribution >= 0.6 is 0 Å². The summed E-state index contributed by atoms with van der Waals surface area (Å²) in [6, 6.07) is 26.3. The molecule has 0 unspecified atom stereocenters. The Kier molecular flexibility index (Phi) is 5.91. The van der Waals surface area contributed by atoms with Crippen LogP contribution in [0.25, 0.3) is 11.3 Å². The quantitative estimate of drug-likeness (QED) is 0.328. The van der Waals surface area contributed by atoms with Gasteiger partial charge in [0, 0.05) is 30.0 Å². The average molecular weight is 450 g/mol. The fourth-order valence-corrected chi connectivity index (χ4v) is 4.08. The number of rotatable bonds is 7. The van der Waals surface area contributed by atoms with Crippen molar-refractivity contribution in [3.63, 3.8) is 0 Å². The number of fused-ring (bicyclic) bond motifs is 1. The Labute approximate surface area is 199 Å². The number of aryl methyl sites for hydroxylation is 1. The molecule has 0 bridgehead atoms. The molecule has 3 aromatic carbocycles. The van der Waals surface area contributed by atoms with Gasteiger partial charge in [0.1, 0.15) is 11.4 Å². The summed E-state index contributed by atoms with van der Waals surface area (Å²) in [6.07, 6.45) is 0. The summed E-state index contributed by atoms with van der Waals surface area (Å²) in [7, 11) is 0. The number of benzene rings is 3. The van der Waals surface area contributed by atoms with Gasteiger partial charge in [-0.05, 0) is 56.7 Å². The standard InChI is InChI=1S/C27H27N7/c1-4-33(5-2)22-16-17-23(19(3)18-22)29-25-24(20-12-8-6-9-13-20)32-34-26(25)30-31-27(34)28-21-14-10-7-11-15-21/h6-18,29H,4-5H2,1-3H3. The molecule has 1 aromatic heterocycles. The lowest BCUT2D eigenvalue weighted by Gasteiger charge is -2.22. The molecule has 0 amide bonds. The molecule has 1 N–H and O–H groups in total. The second-order valence-corrected chi connectivity index (χ2v) is 8.07. The minimum absolute atomic E-state index is 0.444. The van der Waals surface area contributed by atoms with Gasteiger partial charge in [0.15, 0.2) is 0 Å². The molecule has 0 radical (unpaired) electrons. The van der Waals surface area contributed by atoms with Gasteiger partial charge in [0.25, 0.3) is 5.96 Å². The molecular formula is C27H27N7. The van der Waals surface area contributed by atoms with Crippen LogP contribution in [0, 0.1) is 6.92 Å². The number of aliphatic imine (C=N–C) groups is 1. The maximum absolute atomic E-state index is 4.86. The second-order valence-electron chi connectivity index (χ2n) is 8.07. The predicted molar refractivity (Wildman–Crippen MR) is 139 cm³/mol. The molecule has 4 aromatic rings. The molecule has 34 heavy (non-hydrogen) atoms. The normalized spacial score (nSPS) is 13.3. The van der Waals surface area contributed by atoms with Crippen LogP contribution in [-0.2, 0) is 0 Å². The van der Waals surface area contributed by atoms with E-state index in [1.807, 2.05) is 60.7 Å². The maximum atomic E-state index is 4.86. The van der Waals surface area contributed by atoms with Gasteiger partial charge in [-0.2, -0.15) is 9.78 Å². The third kappa shape index (κ3) is 4.08. The minimum atomic E-state index is 0.444. The monoisotopic (exact) mass is 449 g/mol. The van der Waals surface area contributed by atoms with Gasteiger partial charge in [-0.15, -0.1) is 10.2 Å². The summed E-state index contributed by atoms with van der Waals surface area (Å²) < 4.78 is 1.71. The zero-order valence-electron chi connectivity index (χ0n) is 19.6. The highest BCUT2D eigenvalue weighted by Gasteiger charge is 2.26. The number of hydrogen-bond acceptors (Lipinski definition) is 5. The molecule has 7 heteroatoms. The molecule has 7 nitrogen and oxygen atoms in total. The predicted octanol–water partition coefficient (Wildman–Crippen LogP) is 7.08. The molecule has 0 fully saturated rings. The van der Waals surface area contributed by atoms with Crippen LogP contribution in [0.2, 0.25) is 0 Å². The number of anilines is 3. The Hall–Kier alpha value is -4.26. The lowest BCUT2D eigenvalue weighted by molar-refractivity contribution is 0.866. The molecule has 1 aliphatic rings. The summed E-state index contributed by atoms with van der Waals surface area (Å²) in [4.78, 5) is 6.98. The van der Waals surface area contributed by atoms with E-state index >= 15 is 0 Å². The molecule has 0 atom stereocenters. The van der Waals surface area contributed by atoms with E-state index in [4.69, 9.17) is 5.10 Å². The topological polar surface area (TPSA) is 70.2 Å². The highest BCUT2D eigenvalue weighted by atomic mass is 15.5. The van der Waals surface area contributed by atoms with E-state index in [1.165, 1.54) is 5.69 Å². The molecule has 5 rings (SSSR count). The minimum Gasteiger partial charge on any atom is -0.372 e. The summed E-state index contributed by atoms with van der Waals surface area (Å²) in [6.45, 7) is 8.41. The Morgan fingerprint density at radius 2 is 1.59 bits per heavy atom. The van der Waals surface area contributed by atoms with E-state index in [0.717, 1.165) is 47.0 Å². The third-order valence-corrected chi connectivity index (χ3v) is 5.92. The summed E-state index contributed by atoms with van der Waals surface area (Å²) >= 11 is 0. The van der Waals surface area contributed by atoms with Crippen LogP contribution in [0.4, 0.5) is 28.6 Å². The number of para-hydroxylation sites is 1. The first-order valence-corrected chi connectivity index (χ1v) is 11.5. The van der Waals surface area contributed by atoms with E-state index in [9.17, 15) is 0 Å². The van der Waals surface area contributed by atoms with Gasteiger partial charge in [-0.1, -0.05) is 48.5 Å². The molecule has 170 valence electrons. The van der Waals surface area contributed by atoms with Crippen molar-refractivity contribution in [1.29, 1.82) is 0 Å². The number of hydrogen-bond donors (Lipinski definition) is 1. The smallest absolute Gasteiger partial charge is 0.272 e. The Morgan fingerprint density at radius 3 is 2.26 bits per heavy atom. The van der Waals surface area contributed by atoms with Gasteiger partial charge in [-0.25, -0.2) is 4.99 Å². The molecule has 0 saturated carbocycles. The van der Waals surface area contributed by atoms with Crippen molar-refractivity contribution >= 4 is 34.5 Å². The van der Waals surface area contributed by atoms with Crippen molar-refractivity contribution in [2.75, 3.05) is 23.3 Å². The van der Waals surface area contributed by atoms with Crippen molar-refractivity contribution < 1.29 is 0 Å². The highest BCUT2D eigenvalue weighted by Crippen LogP contribution is 2.41. The number of aromatic nitrogens is 2. The van der Waals surface area contributed by atoms with Crippen molar-refractivity contribution in [3.05, 3.63) is 84.4 Å². The molecular weight excluding hydrogens is 422 g/mol.